The molecule has 25 heavy (non-hydrogen) atoms. The van der Waals surface area contributed by atoms with Crippen molar-refractivity contribution in [2.24, 2.45) is 0 Å². The summed E-state index contributed by atoms with van der Waals surface area (Å²) in [5.74, 6) is 0.357. The molecule has 0 N–H and O–H groups in total. The van der Waals surface area contributed by atoms with Crippen LogP contribution in [0.5, 0.6) is 11.5 Å². The zero-order valence-corrected chi connectivity index (χ0v) is 15.1. The Labute approximate surface area is 154 Å². The van der Waals surface area contributed by atoms with Gasteiger partial charge in [-0.1, -0.05) is 36.1 Å². The molecule has 1 fully saturated rings. The van der Waals surface area contributed by atoms with Crippen LogP contribution in [0.25, 0.3) is 6.08 Å². The third kappa shape index (κ3) is 3.52. The fourth-order valence-corrected chi connectivity index (χ4v) is 3.66. The standard InChI is InChI=1S/C18H14FNO3S2/c1-22-12-7-11(8-13(10-12)23-2)9-16-17(21)20(18(24)25-16)15-6-4-3-5-14(15)19/h3-10H,1-2H3/b16-9-. The summed E-state index contributed by atoms with van der Waals surface area (Å²) in [4.78, 5) is 14.3. The second-order valence-electron chi connectivity index (χ2n) is 5.11. The van der Waals surface area contributed by atoms with Crippen LogP contribution >= 0.6 is 24.0 Å². The van der Waals surface area contributed by atoms with Crippen LogP contribution in [-0.4, -0.2) is 24.4 Å². The molecule has 0 aliphatic carbocycles. The van der Waals surface area contributed by atoms with E-state index < -0.39 is 5.82 Å². The van der Waals surface area contributed by atoms with Crippen molar-refractivity contribution in [1.82, 2.24) is 0 Å². The summed E-state index contributed by atoms with van der Waals surface area (Å²) >= 11 is 6.39. The highest BCUT2D eigenvalue weighted by Gasteiger charge is 2.34. The number of para-hydroxylation sites is 1. The summed E-state index contributed by atoms with van der Waals surface area (Å²) in [5.41, 5.74) is 0.877. The maximum Gasteiger partial charge on any atom is 0.270 e. The van der Waals surface area contributed by atoms with E-state index >= 15 is 0 Å². The first-order chi connectivity index (χ1) is 12.0. The van der Waals surface area contributed by atoms with Crippen molar-refractivity contribution in [3.8, 4) is 11.5 Å². The minimum Gasteiger partial charge on any atom is -0.497 e. The van der Waals surface area contributed by atoms with Gasteiger partial charge in [0.2, 0.25) is 0 Å². The Hall–Kier alpha value is -2.38. The van der Waals surface area contributed by atoms with Gasteiger partial charge in [0.05, 0.1) is 24.8 Å². The van der Waals surface area contributed by atoms with E-state index in [9.17, 15) is 9.18 Å². The topological polar surface area (TPSA) is 38.8 Å². The number of halogens is 1. The molecule has 0 spiro atoms. The normalized spacial score (nSPS) is 15.8. The predicted octanol–water partition coefficient (Wildman–Crippen LogP) is 4.25. The average molecular weight is 375 g/mol. The quantitative estimate of drug-likeness (QED) is 0.590. The molecule has 1 aliphatic rings. The zero-order valence-electron chi connectivity index (χ0n) is 13.5. The highest BCUT2D eigenvalue weighted by Crippen LogP contribution is 2.37. The number of carbonyl (C=O) groups is 1. The molecular formula is C18H14FNO3S2. The van der Waals surface area contributed by atoms with E-state index in [4.69, 9.17) is 21.7 Å². The Balaban J connectivity index is 1.97. The summed E-state index contributed by atoms with van der Waals surface area (Å²) in [7, 11) is 3.10. The number of amides is 1. The minimum absolute atomic E-state index is 0.150. The lowest BCUT2D eigenvalue weighted by atomic mass is 10.1. The lowest BCUT2D eigenvalue weighted by Gasteiger charge is -2.14. The van der Waals surface area contributed by atoms with Crippen molar-refractivity contribution < 1.29 is 18.7 Å². The molecule has 0 radical (unpaired) electrons. The number of anilines is 1. The second kappa shape index (κ2) is 7.25. The molecule has 0 bridgehead atoms. The maximum absolute atomic E-state index is 14.0. The van der Waals surface area contributed by atoms with E-state index in [-0.39, 0.29) is 15.9 Å². The lowest BCUT2D eigenvalue weighted by Crippen LogP contribution is -2.28. The first kappa shape index (κ1) is 17.4. The number of ether oxygens (including phenoxy) is 2. The first-order valence-corrected chi connectivity index (χ1v) is 8.51. The van der Waals surface area contributed by atoms with Gasteiger partial charge in [0, 0.05) is 6.07 Å². The monoisotopic (exact) mass is 375 g/mol. The van der Waals surface area contributed by atoms with E-state index in [1.54, 1.807) is 50.6 Å². The van der Waals surface area contributed by atoms with E-state index in [0.29, 0.717) is 16.4 Å². The van der Waals surface area contributed by atoms with Crippen molar-refractivity contribution in [2.45, 2.75) is 0 Å². The van der Waals surface area contributed by atoms with Crippen LogP contribution in [0, 0.1) is 5.82 Å². The van der Waals surface area contributed by atoms with Gasteiger partial charge >= 0.3 is 0 Å². The van der Waals surface area contributed by atoms with Crippen molar-refractivity contribution >= 4 is 46.0 Å². The molecule has 0 unspecified atom stereocenters. The van der Waals surface area contributed by atoms with Gasteiger partial charge in [0.25, 0.3) is 5.91 Å². The molecule has 1 amide bonds. The van der Waals surface area contributed by atoms with Gasteiger partial charge in [0.15, 0.2) is 4.32 Å². The van der Waals surface area contributed by atoms with Crippen LogP contribution in [0.4, 0.5) is 10.1 Å². The SMILES string of the molecule is COc1cc(/C=C2\SC(=S)N(c3ccccc3F)C2=O)cc(OC)c1. The molecule has 0 atom stereocenters. The number of hydrogen-bond acceptors (Lipinski definition) is 5. The lowest BCUT2D eigenvalue weighted by molar-refractivity contribution is -0.113. The molecule has 1 aliphatic heterocycles. The summed E-state index contributed by atoms with van der Waals surface area (Å²) < 4.78 is 24.8. The van der Waals surface area contributed by atoms with Crippen LogP contribution in [0.15, 0.2) is 47.4 Å². The zero-order chi connectivity index (χ0) is 18.0. The number of carbonyl (C=O) groups excluding carboxylic acids is 1. The highest BCUT2D eigenvalue weighted by molar-refractivity contribution is 8.27. The number of benzene rings is 2. The van der Waals surface area contributed by atoms with Gasteiger partial charge < -0.3 is 9.47 Å². The Morgan fingerprint density at radius 3 is 2.36 bits per heavy atom. The van der Waals surface area contributed by atoms with Gasteiger partial charge in [-0.05, 0) is 35.9 Å². The Morgan fingerprint density at radius 1 is 1.12 bits per heavy atom. The number of rotatable bonds is 4. The molecule has 1 saturated heterocycles. The first-order valence-electron chi connectivity index (χ1n) is 7.29. The predicted molar refractivity (Wildman–Crippen MR) is 102 cm³/mol. The number of hydrogen-bond donors (Lipinski definition) is 0. The number of thiocarbonyl (C=S) groups is 1. The highest BCUT2D eigenvalue weighted by atomic mass is 32.2. The smallest absolute Gasteiger partial charge is 0.270 e. The molecule has 3 rings (SSSR count). The number of nitrogens with zero attached hydrogens (tertiary/aromatic N) is 1. The minimum atomic E-state index is -0.497. The van der Waals surface area contributed by atoms with Crippen LogP contribution < -0.4 is 14.4 Å². The molecular weight excluding hydrogens is 361 g/mol. The third-order valence-corrected chi connectivity index (χ3v) is 4.86. The molecule has 7 heteroatoms. The van der Waals surface area contributed by atoms with E-state index in [2.05, 4.69) is 0 Å². The van der Waals surface area contributed by atoms with E-state index in [1.807, 2.05) is 0 Å². The van der Waals surface area contributed by atoms with Crippen LogP contribution in [0.2, 0.25) is 0 Å². The average Bonchev–Trinajstić information content (AvgIpc) is 2.88. The van der Waals surface area contributed by atoms with E-state index in [0.717, 1.165) is 17.3 Å². The molecule has 0 saturated carbocycles. The van der Waals surface area contributed by atoms with Gasteiger partial charge in [-0.2, -0.15) is 0 Å². The molecule has 0 aromatic heterocycles. The molecule has 4 nitrogen and oxygen atoms in total. The number of methoxy groups -OCH3 is 2. The van der Waals surface area contributed by atoms with E-state index in [1.165, 1.54) is 17.0 Å². The fourth-order valence-electron chi connectivity index (χ4n) is 2.37. The largest absolute Gasteiger partial charge is 0.497 e. The Bertz CT molecular complexity index is 860. The molecule has 2 aromatic carbocycles. The second-order valence-corrected chi connectivity index (χ2v) is 6.79. The molecule has 1 heterocycles. The van der Waals surface area contributed by atoms with Gasteiger partial charge in [-0.15, -0.1) is 0 Å². The van der Waals surface area contributed by atoms with Crippen molar-refractivity contribution in [2.75, 3.05) is 19.1 Å². The molecule has 2 aromatic rings. The molecule has 128 valence electrons. The maximum atomic E-state index is 14.0. The van der Waals surface area contributed by atoms with Crippen molar-refractivity contribution in [1.29, 1.82) is 0 Å². The third-order valence-electron chi connectivity index (χ3n) is 3.56. The Morgan fingerprint density at radius 2 is 1.76 bits per heavy atom. The summed E-state index contributed by atoms with van der Waals surface area (Å²) in [6.45, 7) is 0. The van der Waals surface area contributed by atoms with Crippen LogP contribution in [-0.2, 0) is 4.79 Å². The number of thioether (sulfide) groups is 1. The van der Waals surface area contributed by atoms with Crippen molar-refractivity contribution in [3.63, 3.8) is 0 Å². The summed E-state index contributed by atoms with van der Waals surface area (Å²) in [6.07, 6.45) is 1.69. The fraction of sp³-hybridized carbons (Fsp3) is 0.111. The van der Waals surface area contributed by atoms with Crippen LogP contribution in [0.3, 0.4) is 0 Å². The van der Waals surface area contributed by atoms with Gasteiger partial charge in [-0.25, -0.2) is 4.39 Å². The van der Waals surface area contributed by atoms with Gasteiger partial charge in [0.1, 0.15) is 17.3 Å². The summed E-state index contributed by atoms with van der Waals surface area (Å²) in [6, 6.07) is 11.3. The summed E-state index contributed by atoms with van der Waals surface area (Å²) in [5, 5.41) is 0. The Kier molecular flexibility index (Phi) is 5.06. The van der Waals surface area contributed by atoms with Crippen molar-refractivity contribution in [3.05, 3.63) is 58.8 Å². The van der Waals surface area contributed by atoms with Crippen LogP contribution in [0.1, 0.15) is 5.56 Å². The van der Waals surface area contributed by atoms with Gasteiger partial charge in [-0.3, -0.25) is 9.69 Å².